The molecule has 0 bridgehead atoms. The predicted octanol–water partition coefficient (Wildman–Crippen LogP) is 6.76. The summed E-state index contributed by atoms with van der Waals surface area (Å²) in [7, 11) is 0. The molecule has 4 nitrogen and oxygen atoms in total. The first-order valence-corrected chi connectivity index (χ1v) is 11.8. The van der Waals surface area contributed by atoms with Crippen LogP contribution in [-0.2, 0) is 20.7 Å². The van der Waals surface area contributed by atoms with Gasteiger partial charge in [-0.1, -0.05) is 63.7 Å². The minimum Gasteiger partial charge on any atom is -0.455 e. The molecule has 0 amide bonds. The van der Waals surface area contributed by atoms with Crippen molar-refractivity contribution < 1.29 is 19.0 Å². The standard InChI is InChI=1S/C26H40O4/c1-4-5-6-7-8-9-10-12-23-15-18-25(19-16-23)29-22(3)30-26(27)21(2)14-17-24-13-11-20-28-24/h14-16,18-19,22,24H,4-13,17,20H2,1-3H3/b21-14+. The highest BCUT2D eigenvalue weighted by Crippen LogP contribution is 2.19. The van der Waals surface area contributed by atoms with Gasteiger partial charge < -0.3 is 14.2 Å². The molecule has 1 heterocycles. The van der Waals surface area contributed by atoms with Crippen LogP contribution in [0.2, 0.25) is 0 Å². The molecule has 2 rings (SSSR count). The molecular weight excluding hydrogens is 376 g/mol. The fourth-order valence-corrected chi connectivity index (χ4v) is 3.70. The zero-order chi connectivity index (χ0) is 21.6. The molecule has 1 saturated heterocycles. The molecule has 4 heteroatoms. The van der Waals surface area contributed by atoms with Crippen LogP contribution >= 0.6 is 0 Å². The van der Waals surface area contributed by atoms with Crippen LogP contribution in [0.1, 0.15) is 90.5 Å². The second-order valence-corrected chi connectivity index (χ2v) is 8.36. The van der Waals surface area contributed by atoms with Gasteiger partial charge in [0.2, 0.25) is 6.29 Å². The largest absolute Gasteiger partial charge is 0.455 e. The Morgan fingerprint density at radius 3 is 2.50 bits per heavy atom. The Labute approximate surface area is 183 Å². The van der Waals surface area contributed by atoms with Crippen molar-refractivity contribution >= 4 is 5.97 Å². The van der Waals surface area contributed by atoms with Crippen LogP contribution in [0.3, 0.4) is 0 Å². The fraction of sp³-hybridized carbons (Fsp3) is 0.654. The average Bonchev–Trinajstić information content (AvgIpc) is 3.26. The summed E-state index contributed by atoms with van der Waals surface area (Å²) in [5.41, 5.74) is 1.93. The highest BCUT2D eigenvalue weighted by atomic mass is 16.7. The summed E-state index contributed by atoms with van der Waals surface area (Å²) >= 11 is 0. The van der Waals surface area contributed by atoms with Gasteiger partial charge in [-0.05, 0) is 56.7 Å². The lowest BCUT2D eigenvalue weighted by Gasteiger charge is -2.16. The van der Waals surface area contributed by atoms with E-state index in [-0.39, 0.29) is 12.1 Å². The van der Waals surface area contributed by atoms with Crippen LogP contribution in [0.25, 0.3) is 0 Å². The average molecular weight is 417 g/mol. The number of esters is 1. The van der Waals surface area contributed by atoms with E-state index in [1.54, 1.807) is 13.8 Å². The molecule has 1 aliphatic rings. The summed E-state index contributed by atoms with van der Waals surface area (Å²) in [4.78, 5) is 12.2. The van der Waals surface area contributed by atoms with E-state index in [2.05, 4.69) is 19.1 Å². The first kappa shape index (κ1) is 24.5. The van der Waals surface area contributed by atoms with Crippen molar-refractivity contribution in [3.63, 3.8) is 0 Å². The molecule has 30 heavy (non-hydrogen) atoms. The van der Waals surface area contributed by atoms with Gasteiger partial charge in [-0.2, -0.15) is 0 Å². The number of rotatable bonds is 14. The molecule has 0 N–H and O–H groups in total. The van der Waals surface area contributed by atoms with E-state index in [4.69, 9.17) is 14.2 Å². The number of benzene rings is 1. The Morgan fingerprint density at radius 2 is 1.83 bits per heavy atom. The third-order valence-corrected chi connectivity index (χ3v) is 5.60. The Bertz CT molecular complexity index is 629. The van der Waals surface area contributed by atoms with E-state index >= 15 is 0 Å². The van der Waals surface area contributed by atoms with Crippen molar-refractivity contribution in [3.8, 4) is 5.75 Å². The van der Waals surface area contributed by atoms with Crippen LogP contribution < -0.4 is 4.74 Å². The Kier molecular flexibility index (Phi) is 11.6. The van der Waals surface area contributed by atoms with Crippen LogP contribution in [0, 0.1) is 0 Å². The van der Waals surface area contributed by atoms with Crippen molar-refractivity contribution in [2.75, 3.05) is 6.61 Å². The monoisotopic (exact) mass is 416 g/mol. The number of hydrogen-bond donors (Lipinski definition) is 0. The highest BCUT2D eigenvalue weighted by Gasteiger charge is 2.16. The summed E-state index contributed by atoms with van der Waals surface area (Å²) in [5.74, 6) is 0.385. The molecule has 0 aromatic heterocycles. The fourth-order valence-electron chi connectivity index (χ4n) is 3.70. The highest BCUT2D eigenvalue weighted by molar-refractivity contribution is 5.87. The van der Waals surface area contributed by atoms with Crippen molar-refractivity contribution in [1.82, 2.24) is 0 Å². The maximum absolute atomic E-state index is 12.2. The Balaban J connectivity index is 1.65. The third-order valence-electron chi connectivity index (χ3n) is 5.60. The zero-order valence-electron chi connectivity index (χ0n) is 19.2. The maximum atomic E-state index is 12.2. The van der Waals surface area contributed by atoms with Gasteiger partial charge in [0.15, 0.2) is 0 Å². The first-order valence-electron chi connectivity index (χ1n) is 11.8. The van der Waals surface area contributed by atoms with Gasteiger partial charge in [0.1, 0.15) is 5.75 Å². The SMILES string of the molecule is CCCCCCCCCc1ccc(OC(C)OC(=O)/C(C)=C/CC2CCCO2)cc1. The number of carbonyl (C=O) groups excluding carboxylic acids is 1. The molecule has 0 aliphatic carbocycles. The molecule has 0 radical (unpaired) electrons. The normalized spacial score (nSPS) is 17.7. The second-order valence-electron chi connectivity index (χ2n) is 8.36. The van der Waals surface area contributed by atoms with Gasteiger partial charge >= 0.3 is 5.97 Å². The molecule has 2 unspecified atom stereocenters. The molecule has 0 spiro atoms. The van der Waals surface area contributed by atoms with E-state index in [9.17, 15) is 4.79 Å². The van der Waals surface area contributed by atoms with E-state index < -0.39 is 6.29 Å². The summed E-state index contributed by atoms with van der Waals surface area (Å²) in [5, 5.41) is 0. The number of aryl methyl sites for hydroxylation is 1. The quantitative estimate of drug-likeness (QED) is 0.145. The van der Waals surface area contributed by atoms with Crippen LogP contribution in [0.5, 0.6) is 5.75 Å². The van der Waals surface area contributed by atoms with E-state index in [1.807, 2.05) is 18.2 Å². The van der Waals surface area contributed by atoms with E-state index in [1.165, 1.54) is 50.5 Å². The van der Waals surface area contributed by atoms with Gasteiger partial charge in [-0.25, -0.2) is 4.79 Å². The number of unbranched alkanes of at least 4 members (excludes halogenated alkanes) is 6. The van der Waals surface area contributed by atoms with Gasteiger partial charge in [0.05, 0.1) is 6.10 Å². The lowest BCUT2D eigenvalue weighted by atomic mass is 10.0. The van der Waals surface area contributed by atoms with Gasteiger partial charge in [-0.15, -0.1) is 0 Å². The summed E-state index contributed by atoms with van der Waals surface area (Å²) in [6.07, 6.45) is 14.8. The molecule has 1 aromatic rings. The second kappa shape index (κ2) is 14.2. The maximum Gasteiger partial charge on any atom is 0.336 e. The summed E-state index contributed by atoms with van der Waals surface area (Å²) in [6.45, 7) is 6.61. The minimum absolute atomic E-state index is 0.237. The first-order chi connectivity index (χ1) is 14.6. The van der Waals surface area contributed by atoms with E-state index in [0.717, 1.165) is 38.0 Å². The predicted molar refractivity (Wildman–Crippen MR) is 122 cm³/mol. The molecule has 2 atom stereocenters. The van der Waals surface area contributed by atoms with Crippen LogP contribution in [0.15, 0.2) is 35.9 Å². The summed E-state index contributed by atoms with van der Waals surface area (Å²) < 4.78 is 16.7. The molecule has 168 valence electrons. The molecule has 0 saturated carbocycles. The molecule has 1 fully saturated rings. The lowest BCUT2D eigenvalue weighted by Crippen LogP contribution is -2.21. The van der Waals surface area contributed by atoms with Gasteiger partial charge in [0, 0.05) is 19.1 Å². The van der Waals surface area contributed by atoms with Crippen molar-refractivity contribution in [2.45, 2.75) is 104 Å². The van der Waals surface area contributed by atoms with Crippen molar-refractivity contribution in [1.29, 1.82) is 0 Å². The molecule has 1 aliphatic heterocycles. The third kappa shape index (κ3) is 9.80. The van der Waals surface area contributed by atoms with Crippen molar-refractivity contribution in [3.05, 3.63) is 41.5 Å². The van der Waals surface area contributed by atoms with Crippen molar-refractivity contribution in [2.24, 2.45) is 0 Å². The van der Waals surface area contributed by atoms with Crippen LogP contribution in [0.4, 0.5) is 0 Å². The van der Waals surface area contributed by atoms with Gasteiger partial charge in [0.25, 0.3) is 0 Å². The lowest BCUT2D eigenvalue weighted by molar-refractivity contribution is -0.156. The van der Waals surface area contributed by atoms with Crippen LogP contribution in [-0.4, -0.2) is 25.0 Å². The van der Waals surface area contributed by atoms with Gasteiger partial charge in [-0.3, -0.25) is 0 Å². The number of carbonyl (C=O) groups is 1. The summed E-state index contributed by atoms with van der Waals surface area (Å²) in [6, 6.07) is 8.13. The topological polar surface area (TPSA) is 44.8 Å². The number of hydrogen-bond acceptors (Lipinski definition) is 4. The molecular formula is C26H40O4. The minimum atomic E-state index is -0.627. The molecule has 1 aromatic carbocycles. The smallest absolute Gasteiger partial charge is 0.336 e. The zero-order valence-corrected chi connectivity index (χ0v) is 19.2. The van der Waals surface area contributed by atoms with E-state index in [0.29, 0.717) is 5.57 Å². The Hall–Kier alpha value is -1.81. The Morgan fingerprint density at radius 1 is 1.13 bits per heavy atom. The number of ether oxygens (including phenoxy) is 3.